The highest BCUT2D eigenvalue weighted by molar-refractivity contribution is 5.27. The lowest BCUT2D eigenvalue weighted by atomic mass is 9.83. The van der Waals surface area contributed by atoms with Gasteiger partial charge in [-0.05, 0) is 31.0 Å². The minimum absolute atomic E-state index is 0.0985. The molecule has 17 heavy (non-hydrogen) atoms. The maximum atomic E-state index is 14.8. The minimum Gasteiger partial charge on any atom is -0.311 e. The van der Waals surface area contributed by atoms with Crippen LogP contribution in [0, 0.1) is 11.6 Å². The van der Waals surface area contributed by atoms with Gasteiger partial charge in [0, 0.05) is 30.5 Å². The van der Waals surface area contributed by atoms with Crippen molar-refractivity contribution in [3.63, 3.8) is 0 Å². The third-order valence-corrected chi connectivity index (χ3v) is 3.89. The molecule has 0 amide bonds. The second-order valence-electron chi connectivity index (χ2n) is 5.14. The molecule has 2 saturated heterocycles. The van der Waals surface area contributed by atoms with E-state index >= 15 is 0 Å². The van der Waals surface area contributed by atoms with Gasteiger partial charge >= 0.3 is 0 Å². The molecule has 2 fully saturated rings. The summed E-state index contributed by atoms with van der Waals surface area (Å²) in [7, 11) is 0. The van der Waals surface area contributed by atoms with Gasteiger partial charge in [-0.3, -0.25) is 0 Å². The smallest absolute Gasteiger partial charge is 0.141 e. The van der Waals surface area contributed by atoms with E-state index < -0.39 is 17.3 Å². The second kappa shape index (κ2) is 3.73. The van der Waals surface area contributed by atoms with E-state index in [1.165, 1.54) is 0 Å². The molecule has 1 nitrogen and oxygen atoms in total. The molecule has 1 aromatic carbocycles. The van der Waals surface area contributed by atoms with E-state index in [2.05, 4.69) is 5.32 Å². The summed E-state index contributed by atoms with van der Waals surface area (Å²) in [6.45, 7) is 0. The van der Waals surface area contributed by atoms with Crippen molar-refractivity contribution in [1.29, 1.82) is 0 Å². The van der Waals surface area contributed by atoms with Crippen molar-refractivity contribution < 1.29 is 13.2 Å². The first-order valence-electron chi connectivity index (χ1n) is 5.97. The molecule has 0 aromatic heterocycles. The van der Waals surface area contributed by atoms with Crippen LogP contribution >= 0.6 is 0 Å². The fraction of sp³-hybridized carbons (Fsp3) is 0.538. The Hall–Kier alpha value is -1.03. The molecular weight excluding hydrogens is 227 g/mol. The van der Waals surface area contributed by atoms with Crippen molar-refractivity contribution >= 4 is 0 Å². The predicted molar refractivity (Wildman–Crippen MR) is 58.3 cm³/mol. The Morgan fingerprint density at radius 1 is 1.12 bits per heavy atom. The molecule has 4 heteroatoms. The van der Waals surface area contributed by atoms with Gasteiger partial charge in [-0.2, -0.15) is 0 Å². The Kier molecular flexibility index (Phi) is 2.43. The van der Waals surface area contributed by atoms with Crippen molar-refractivity contribution in [2.75, 3.05) is 0 Å². The molecule has 1 N–H and O–H groups in total. The number of fused-ring (bicyclic) bond motifs is 2. The zero-order chi connectivity index (χ0) is 12.0. The first-order valence-corrected chi connectivity index (χ1v) is 5.97. The van der Waals surface area contributed by atoms with Gasteiger partial charge in [-0.1, -0.05) is 0 Å². The van der Waals surface area contributed by atoms with Gasteiger partial charge in [-0.25, -0.2) is 13.2 Å². The molecule has 2 bridgehead atoms. The number of piperidine rings is 1. The number of halogens is 3. The van der Waals surface area contributed by atoms with E-state index in [0.717, 1.165) is 31.0 Å². The average molecular weight is 241 g/mol. The molecule has 2 aliphatic heterocycles. The lowest BCUT2D eigenvalue weighted by molar-refractivity contribution is 0.0829. The van der Waals surface area contributed by atoms with Gasteiger partial charge in [-0.15, -0.1) is 0 Å². The van der Waals surface area contributed by atoms with Crippen molar-refractivity contribution in [3.05, 3.63) is 35.4 Å². The van der Waals surface area contributed by atoms with Crippen molar-refractivity contribution in [1.82, 2.24) is 5.32 Å². The summed E-state index contributed by atoms with van der Waals surface area (Å²) in [6.07, 6.45) is 2.33. The van der Waals surface area contributed by atoms with Gasteiger partial charge < -0.3 is 5.32 Å². The summed E-state index contributed by atoms with van der Waals surface area (Å²) < 4.78 is 41.6. The first kappa shape index (κ1) is 11.1. The second-order valence-corrected chi connectivity index (χ2v) is 5.14. The van der Waals surface area contributed by atoms with Crippen molar-refractivity contribution in [2.45, 2.75) is 43.4 Å². The number of benzene rings is 1. The number of nitrogens with one attached hydrogen (secondary N) is 1. The summed E-state index contributed by atoms with van der Waals surface area (Å²) in [5.74, 6) is -1.22. The fourth-order valence-corrected chi connectivity index (χ4v) is 3.15. The molecule has 1 aromatic rings. The van der Waals surface area contributed by atoms with Crippen LogP contribution in [0.2, 0.25) is 0 Å². The number of hydrogen-bond acceptors (Lipinski definition) is 1. The van der Waals surface area contributed by atoms with E-state index in [4.69, 9.17) is 0 Å². The van der Waals surface area contributed by atoms with Gasteiger partial charge in [0.25, 0.3) is 0 Å². The molecule has 0 saturated carbocycles. The normalized spacial score (nSPS) is 36.2. The molecule has 2 unspecified atom stereocenters. The van der Waals surface area contributed by atoms with Crippen LogP contribution in [0.3, 0.4) is 0 Å². The van der Waals surface area contributed by atoms with E-state index in [9.17, 15) is 13.2 Å². The highest BCUT2D eigenvalue weighted by atomic mass is 19.2. The Morgan fingerprint density at radius 3 is 2.41 bits per heavy atom. The summed E-state index contributed by atoms with van der Waals surface area (Å²) in [6, 6.07) is 3.23. The Morgan fingerprint density at radius 2 is 1.76 bits per heavy atom. The molecule has 92 valence electrons. The van der Waals surface area contributed by atoms with Gasteiger partial charge in [0.15, 0.2) is 0 Å². The predicted octanol–water partition coefficient (Wildman–Crippen LogP) is 3.04. The molecular formula is C13H14F3N. The van der Waals surface area contributed by atoms with E-state index in [1.54, 1.807) is 0 Å². The summed E-state index contributed by atoms with van der Waals surface area (Å²) >= 11 is 0. The van der Waals surface area contributed by atoms with Crippen LogP contribution < -0.4 is 5.32 Å². The van der Waals surface area contributed by atoms with Crippen LogP contribution in [0.15, 0.2) is 18.2 Å². The van der Waals surface area contributed by atoms with Crippen molar-refractivity contribution in [2.24, 2.45) is 0 Å². The number of hydrogen-bond donors (Lipinski definition) is 1. The van der Waals surface area contributed by atoms with Gasteiger partial charge in [0.1, 0.15) is 17.3 Å². The van der Waals surface area contributed by atoms with Crippen LogP contribution in [0.25, 0.3) is 0 Å². The monoisotopic (exact) mass is 241 g/mol. The van der Waals surface area contributed by atoms with Crippen molar-refractivity contribution in [3.8, 4) is 0 Å². The van der Waals surface area contributed by atoms with Crippen LogP contribution in [-0.2, 0) is 5.67 Å². The van der Waals surface area contributed by atoms with E-state index in [-0.39, 0.29) is 30.5 Å². The Balaban J connectivity index is 1.99. The quantitative estimate of drug-likeness (QED) is 0.796. The third kappa shape index (κ3) is 1.84. The molecule has 0 aliphatic carbocycles. The molecule has 2 aliphatic rings. The maximum Gasteiger partial charge on any atom is 0.141 e. The zero-order valence-corrected chi connectivity index (χ0v) is 9.35. The SMILES string of the molecule is Fc1ccc(F)c(C2(F)CC3CCC(C2)N3)c1. The standard InChI is InChI=1S/C13H14F3N/c14-8-1-4-12(15)11(5-8)13(16)6-9-2-3-10(7-13)17-9/h1,4-5,9-10,17H,2-3,6-7H2. The van der Waals surface area contributed by atoms with Gasteiger partial charge in [0.05, 0.1) is 0 Å². The first-order chi connectivity index (χ1) is 8.07. The number of alkyl halides is 1. The van der Waals surface area contributed by atoms with Gasteiger partial charge in [0.2, 0.25) is 0 Å². The zero-order valence-electron chi connectivity index (χ0n) is 9.35. The number of rotatable bonds is 1. The van der Waals surface area contributed by atoms with Crippen LogP contribution in [0.5, 0.6) is 0 Å². The van der Waals surface area contributed by atoms with Crippen LogP contribution in [0.4, 0.5) is 13.2 Å². The topological polar surface area (TPSA) is 12.0 Å². The molecule has 2 heterocycles. The molecule has 2 atom stereocenters. The third-order valence-electron chi connectivity index (χ3n) is 3.89. The molecule has 0 spiro atoms. The lowest BCUT2D eigenvalue weighted by Crippen LogP contribution is -2.44. The summed E-state index contributed by atoms with van der Waals surface area (Å²) in [5, 5.41) is 3.29. The fourth-order valence-electron chi connectivity index (χ4n) is 3.15. The summed E-state index contributed by atoms with van der Waals surface area (Å²) in [4.78, 5) is 0. The summed E-state index contributed by atoms with van der Waals surface area (Å²) in [5.41, 5.74) is -1.83. The average Bonchev–Trinajstić information content (AvgIpc) is 2.62. The molecule has 3 rings (SSSR count). The lowest BCUT2D eigenvalue weighted by Gasteiger charge is -2.35. The van der Waals surface area contributed by atoms with E-state index in [1.807, 2.05) is 0 Å². The van der Waals surface area contributed by atoms with Crippen LogP contribution in [0.1, 0.15) is 31.2 Å². The van der Waals surface area contributed by atoms with Crippen LogP contribution in [-0.4, -0.2) is 12.1 Å². The highest BCUT2D eigenvalue weighted by Crippen LogP contribution is 2.44. The maximum absolute atomic E-state index is 14.8. The largest absolute Gasteiger partial charge is 0.311 e. The van der Waals surface area contributed by atoms with E-state index in [0.29, 0.717) is 0 Å². The minimum atomic E-state index is -1.72. The Bertz CT molecular complexity index is 434. The highest BCUT2D eigenvalue weighted by Gasteiger charge is 2.46. The molecule has 0 radical (unpaired) electrons. The Labute approximate surface area is 98.0 Å².